The molecule has 16 heteroatoms. The number of aliphatic hydroxyl groups is 4. The van der Waals surface area contributed by atoms with Crippen LogP contribution in [0.4, 0.5) is 0 Å². The number of methoxy groups -OCH3 is 2. The van der Waals surface area contributed by atoms with Crippen molar-refractivity contribution in [3.8, 4) is 0 Å². The maximum absolute atomic E-state index is 13.5. The fourth-order valence-corrected chi connectivity index (χ4v) is 10.6. The molecule has 0 spiro atoms. The summed E-state index contributed by atoms with van der Waals surface area (Å²) >= 11 is 3.28. The molecule has 0 aromatic carbocycles. The maximum Gasteiger partial charge on any atom is 0.330 e. The predicted octanol–water partition coefficient (Wildman–Crippen LogP) is 7.41. The van der Waals surface area contributed by atoms with Crippen LogP contribution in [0.2, 0.25) is 0 Å². The zero-order valence-electron chi connectivity index (χ0n) is 41.2. The molecule has 0 aliphatic carbocycles. The number of fused-ring (bicyclic) bond motifs is 9. The number of halogens is 1. The van der Waals surface area contributed by atoms with E-state index in [0.717, 1.165) is 16.7 Å². The second-order valence-electron chi connectivity index (χ2n) is 19.7. The average Bonchev–Trinajstić information content (AvgIpc) is 3.79. The van der Waals surface area contributed by atoms with Crippen molar-refractivity contribution in [2.24, 2.45) is 11.8 Å². The van der Waals surface area contributed by atoms with Gasteiger partial charge in [-0.2, -0.15) is 0 Å². The molecule has 15 nitrogen and oxygen atoms in total. The summed E-state index contributed by atoms with van der Waals surface area (Å²) in [6, 6.07) is -0.509. The Morgan fingerprint density at radius 2 is 1.81 bits per heavy atom. The van der Waals surface area contributed by atoms with Crippen molar-refractivity contribution in [2.45, 2.75) is 183 Å². The summed E-state index contributed by atoms with van der Waals surface area (Å²) in [5.74, 6) is -2.08. The molecule has 6 heterocycles. The van der Waals surface area contributed by atoms with Gasteiger partial charge < -0.3 is 63.3 Å². The summed E-state index contributed by atoms with van der Waals surface area (Å²) < 4.78 is 49.3. The molecule has 384 valence electrons. The molecule has 5 N–H and O–H groups in total. The van der Waals surface area contributed by atoms with E-state index in [0.29, 0.717) is 69.4 Å². The molecule has 0 amide bonds. The molecule has 69 heavy (non-hydrogen) atoms. The minimum absolute atomic E-state index is 0.122. The van der Waals surface area contributed by atoms with Crippen molar-refractivity contribution in [2.75, 3.05) is 27.4 Å². The summed E-state index contributed by atoms with van der Waals surface area (Å²) in [5, 5.41) is 47.8. The van der Waals surface area contributed by atoms with Gasteiger partial charge in [0.25, 0.3) is 0 Å². The standard InChI is InChI=1S/C53H77BrN2O13/c1-32(16-17-39(62-6)12-10-19-54)23-45(59)48-28-43(63-7)29-53(61,69-48)18-20-55-37(30-57)24-34(3)51-36(5)52-35(4)46(67-51)13-9-14-49-56-44(31-64-49)47-26-38(58)25-42(66-47)27-41-22-33(2)21-40(65-41)11-8-15-50(60)68-52/h8-10,14-17,19,23-24,31,35-43,45-48,51-52,55,57-59,61H,2,11-13,18,20-22,25-30H2,1,3-7H3/b14-9+,15-8-,17-16+,19-10+,32-23+,34-24+/t35-,36+,37?,38-,39+,40+,41-,42+,43+,45-,46-,47-,48+,51+,52-,53+/m0/s1. The Labute approximate surface area is 416 Å². The van der Waals surface area contributed by atoms with Crippen LogP contribution in [0.25, 0.3) is 6.08 Å². The molecule has 16 atom stereocenters. The molecule has 5 aliphatic heterocycles. The molecular formula is C53H77BrN2O13. The molecule has 1 unspecified atom stereocenters. The number of oxazole rings is 1. The molecule has 8 bridgehead atoms. The Bertz CT molecular complexity index is 2000. The molecular weight excluding hydrogens is 952 g/mol. The third-order valence-corrected chi connectivity index (χ3v) is 14.4. The van der Waals surface area contributed by atoms with Gasteiger partial charge in [-0.3, -0.25) is 0 Å². The fraction of sp³-hybridized carbons (Fsp3) is 0.660. The quantitative estimate of drug-likeness (QED) is 0.0660. The van der Waals surface area contributed by atoms with Crippen molar-refractivity contribution in [1.29, 1.82) is 0 Å². The lowest BCUT2D eigenvalue weighted by Gasteiger charge is -2.44. The number of nitrogens with zero attached hydrogens (tertiary/aromatic N) is 1. The number of aromatic nitrogens is 1. The normalized spacial score (nSPS) is 36.6. The van der Waals surface area contributed by atoms with Crippen LogP contribution >= 0.6 is 15.9 Å². The minimum Gasteiger partial charge on any atom is -0.458 e. The van der Waals surface area contributed by atoms with Crippen molar-refractivity contribution in [3.63, 3.8) is 0 Å². The lowest BCUT2D eigenvalue weighted by atomic mass is 9.79. The van der Waals surface area contributed by atoms with E-state index in [-0.39, 0.29) is 74.5 Å². The monoisotopic (exact) mass is 1030 g/mol. The number of aliphatic hydroxyl groups excluding tert-OH is 3. The van der Waals surface area contributed by atoms with Gasteiger partial charge >= 0.3 is 5.97 Å². The smallest absolute Gasteiger partial charge is 0.330 e. The third kappa shape index (κ3) is 16.2. The largest absolute Gasteiger partial charge is 0.458 e. The highest BCUT2D eigenvalue weighted by Crippen LogP contribution is 2.39. The van der Waals surface area contributed by atoms with Crippen LogP contribution in [0, 0.1) is 11.8 Å². The van der Waals surface area contributed by atoms with E-state index in [9.17, 15) is 25.2 Å². The molecule has 0 saturated carbocycles. The first-order valence-electron chi connectivity index (χ1n) is 24.7. The van der Waals surface area contributed by atoms with Crippen molar-refractivity contribution >= 4 is 28.0 Å². The van der Waals surface area contributed by atoms with Crippen molar-refractivity contribution in [1.82, 2.24) is 10.3 Å². The molecule has 1 aromatic heterocycles. The molecule has 1 aromatic rings. The van der Waals surface area contributed by atoms with E-state index in [1.165, 1.54) is 6.08 Å². The average molecular weight is 1030 g/mol. The number of ether oxygens (including phenoxy) is 7. The van der Waals surface area contributed by atoms with Crippen LogP contribution in [-0.4, -0.2) is 138 Å². The van der Waals surface area contributed by atoms with Gasteiger partial charge in [-0.05, 0) is 69.0 Å². The lowest BCUT2D eigenvalue weighted by molar-refractivity contribution is -0.287. The highest BCUT2D eigenvalue weighted by molar-refractivity contribution is 9.11. The maximum atomic E-state index is 13.5. The van der Waals surface area contributed by atoms with E-state index in [4.69, 9.17) is 42.6 Å². The Morgan fingerprint density at radius 3 is 2.57 bits per heavy atom. The number of hydrogen-bond acceptors (Lipinski definition) is 15. The van der Waals surface area contributed by atoms with E-state index in [1.807, 2.05) is 64.2 Å². The Morgan fingerprint density at radius 1 is 1.03 bits per heavy atom. The molecule has 6 rings (SSSR count). The van der Waals surface area contributed by atoms with Crippen LogP contribution in [0.5, 0.6) is 0 Å². The van der Waals surface area contributed by atoms with Gasteiger partial charge in [-0.25, -0.2) is 9.78 Å². The second-order valence-corrected chi connectivity index (χ2v) is 20.2. The SMILES string of the molecule is C=C1C[C@H]2C/C=C\C(=O)O[C@H]3[C@@H](C)[C@H](C/C=C/c4nc(co4)[C@@H]4C[C@@H](O)C[C@H](C[C@H](C1)O2)O4)O[C@H](/C(C)=C/C(CO)NCC[C@]1(O)C[C@H](OC)C[C@H]([C@@H](O)/C=C(C)/C=C/[C@@H](C/C=C/Br)OC)O1)[C@H]3C. The van der Waals surface area contributed by atoms with Crippen LogP contribution in [0.15, 0.2) is 87.6 Å². The molecule has 4 saturated heterocycles. The molecule has 5 aliphatic rings. The summed E-state index contributed by atoms with van der Waals surface area (Å²) in [6.07, 6.45) is 18.4. The number of rotatable bonds is 15. The van der Waals surface area contributed by atoms with Gasteiger partial charge in [0, 0.05) is 76.8 Å². The molecule has 4 fully saturated rings. The van der Waals surface area contributed by atoms with Gasteiger partial charge in [0.15, 0.2) is 5.79 Å². The summed E-state index contributed by atoms with van der Waals surface area (Å²) in [7, 11) is 3.23. The number of allylic oxidation sites excluding steroid dienone is 2. The van der Waals surface area contributed by atoms with Crippen LogP contribution in [0.3, 0.4) is 0 Å². The zero-order chi connectivity index (χ0) is 49.7. The van der Waals surface area contributed by atoms with Crippen molar-refractivity contribution in [3.05, 3.63) is 94.7 Å². The summed E-state index contributed by atoms with van der Waals surface area (Å²) in [5.41, 5.74) is 3.36. The van der Waals surface area contributed by atoms with Crippen LogP contribution in [-0.2, 0) is 38.0 Å². The summed E-state index contributed by atoms with van der Waals surface area (Å²) in [4.78, 5) is 20.0. The fourth-order valence-electron chi connectivity index (χ4n) is 10.4. The van der Waals surface area contributed by atoms with E-state index >= 15 is 0 Å². The molecule has 0 radical (unpaired) electrons. The van der Waals surface area contributed by atoms with Crippen molar-refractivity contribution < 1.29 is 62.8 Å². The number of carbonyl (C=O) groups is 1. The third-order valence-electron chi connectivity index (χ3n) is 14.1. The predicted molar refractivity (Wildman–Crippen MR) is 265 cm³/mol. The Hall–Kier alpha value is -3.10. The first-order valence-corrected chi connectivity index (χ1v) is 25.6. The van der Waals surface area contributed by atoms with Crippen LogP contribution in [0.1, 0.15) is 116 Å². The Kier molecular flexibility index (Phi) is 21.2. The topological polar surface area (TPSA) is 201 Å². The van der Waals surface area contributed by atoms with Gasteiger partial charge in [0.05, 0.1) is 67.6 Å². The number of hydrogen-bond donors (Lipinski definition) is 5. The van der Waals surface area contributed by atoms with Gasteiger partial charge in [-0.15, -0.1) is 0 Å². The Balaban J connectivity index is 1.14. The highest BCUT2D eigenvalue weighted by Gasteiger charge is 2.45. The highest BCUT2D eigenvalue weighted by atomic mass is 79.9. The minimum atomic E-state index is -1.60. The van der Waals surface area contributed by atoms with Gasteiger partial charge in [0.2, 0.25) is 5.89 Å². The number of carbonyl (C=O) groups excluding carboxylic acids is 1. The zero-order valence-corrected chi connectivity index (χ0v) is 42.8. The van der Waals surface area contributed by atoms with E-state index in [2.05, 4.69) is 27.8 Å². The van der Waals surface area contributed by atoms with Gasteiger partial charge in [0.1, 0.15) is 24.2 Å². The number of esters is 1. The van der Waals surface area contributed by atoms with Gasteiger partial charge in [-0.1, -0.05) is 90.0 Å². The first-order chi connectivity index (χ1) is 33.1. The summed E-state index contributed by atoms with van der Waals surface area (Å²) in [6.45, 7) is 12.2. The lowest BCUT2D eigenvalue weighted by Crippen LogP contribution is -2.52. The van der Waals surface area contributed by atoms with Crippen LogP contribution < -0.4 is 5.32 Å². The van der Waals surface area contributed by atoms with E-state index < -0.39 is 54.4 Å². The van der Waals surface area contributed by atoms with E-state index in [1.54, 1.807) is 37.6 Å². The number of nitrogens with one attached hydrogen (secondary N) is 1. The first kappa shape index (κ1) is 55.2. The second kappa shape index (κ2) is 26.6.